The van der Waals surface area contributed by atoms with Crippen molar-refractivity contribution < 1.29 is 0 Å². The molecule has 5 rings (SSSR count). The van der Waals surface area contributed by atoms with Gasteiger partial charge in [-0.2, -0.15) is 0 Å². The van der Waals surface area contributed by atoms with Gasteiger partial charge in [-0.1, -0.05) is 27.7 Å². The maximum atomic E-state index is 2.57. The SMILES string of the molecule is C[C@@]12CC[C@@]3(C)C[C@]1(C)CC[C@@]3(C)C2. The van der Waals surface area contributed by atoms with Gasteiger partial charge in [0.2, 0.25) is 0 Å². The van der Waals surface area contributed by atoms with Gasteiger partial charge >= 0.3 is 0 Å². The minimum absolute atomic E-state index is 0.678. The van der Waals surface area contributed by atoms with Crippen LogP contribution in [0, 0.1) is 21.7 Å². The molecule has 0 radical (unpaired) electrons. The van der Waals surface area contributed by atoms with Gasteiger partial charge in [-0.15, -0.1) is 0 Å². The summed E-state index contributed by atoms with van der Waals surface area (Å²) < 4.78 is 0. The summed E-state index contributed by atoms with van der Waals surface area (Å²) in [4.78, 5) is 0. The Labute approximate surface area is 88.5 Å². The van der Waals surface area contributed by atoms with Crippen LogP contribution in [0.25, 0.3) is 0 Å². The summed E-state index contributed by atoms with van der Waals surface area (Å²) in [7, 11) is 0. The molecule has 14 heavy (non-hydrogen) atoms. The average Bonchev–Trinajstić information content (AvgIpc) is 2.06. The molecular weight excluding hydrogens is 168 g/mol. The van der Waals surface area contributed by atoms with E-state index in [1.807, 2.05) is 0 Å². The van der Waals surface area contributed by atoms with E-state index in [0.29, 0.717) is 21.7 Å². The van der Waals surface area contributed by atoms with Crippen LogP contribution in [0.2, 0.25) is 0 Å². The Morgan fingerprint density at radius 3 is 0.929 bits per heavy atom. The Hall–Kier alpha value is 0. The highest BCUT2D eigenvalue weighted by Gasteiger charge is 2.67. The Balaban J connectivity index is 2.14. The molecule has 0 heteroatoms. The monoisotopic (exact) mass is 192 g/mol. The third kappa shape index (κ3) is 0.750. The summed E-state index contributed by atoms with van der Waals surface area (Å²) in [6.07, 6.45) is 9.00. The minimum Gasteiger partial charge on any atom is -0.0591 e. The normalized spacial score (nSPS) is 66.0. The molecule has 0 saturated heterocycles. The van der Waals surface area contributed by atoms with Gasteiger partial charge in [-0.3, -0.25) is 0 Å². The zero-order valence-electron chi connectivity index (χ0n) is 10.2. The second-order valence-corrected chi connectivity index (χ2v) is 7.60. The molecule has 0 amide bonds. The highest BCUT2D eigenvalue weighted by molar-refractivity contribution is 5.17. The molecule has 0 nitrogen and oxygen atoms in total. The van der Waals surface area contributed by atoms with Crippen molar-refractivity contribution in [2.45, 2.75) is 66.2 Å². The predicted octanol–water partition coefficient (Wildman–Crippen LogP) is 4.39. The maximum absolute atomic E-state index is 2.57. The molecule has 0 aromatic carbocycles. The molecule has 5 fully saturated rings. The first-order valence-electron chi connectivity index (χ1n) is 6.33. The van der Waals surface area contributed by atoms with Crippen molar-refractivity contribution in [2.75, 3.05) is 0 Å². The van der Waals surface area contributed by atoms with Crippen molar-refractivity contribution in [1.29, 1.82) is 0 Å². The molecule has 0 aliphatic heterocycles. The molecule has 4 bridgehead atoms. The van der Waals surface area contributed by atoms with E-state index >= 15 is 0 Å². The summed E-state index contributed by atoms with van der Waals surface area (Å²) in [5.74, 6) is 0. The predicted molar refractivity (Wildman–Crippen MR) is 60.1 cm³/mol. The van der Waals surface area contributed by atoms with Crippen LogP contribution in [0.5, 0.6) is 0 Å². The van der Waals surface area contributed by atoms with Gasteiger partial charge < -0.3 is 0 Å². The summed E-state index contributed by atoms with van der Waals surface area (Å²) >= 11 is 0. The van der Waals surface area contributed by atoms with Gasteiger partial charge in [0.1, 0.15) is 0 Å². The Morgan fingerprint density at radius 2 is 0.714 bits per heavy atom. The number of hydrogen-bond donors (Lipinski definition) is 0. The lowest BCUT2D eigenvalue weighted by molar-refractivity contribution is -0.235. The lowest BCUT2D eigenvalue weighted by atomic mass is 9.31. The first-order valence-corrected chi connectivity index (χ1v) is 6.33. The topological polar surface area (TPSA) is 0 Å². The van der Waals surface area contributed by atoms with Crippen LogP contribution in [0.3, 0.4) is 0 Å². The van der Waals surface area contributed by atoms with E-state index in [0.717, 1.165) is 0 Å². The number of rotatable bonds is 0. The van der Waals surface area contributed by atoms with E-state index in [2.05, 4.69) is 27.7 Å². The van der Waals surface area contributed by atoms with Gasteiger partial charge in [0, 0.05) is 0 Å². The van der Waals surface area contributed by atoms with Crippen molar-refractivity contribution in [3.63, 3.8) is 0 Å². The van der Waals surface area contributed by atoms with Gasteiger partial charge in [-0.05, 0) is 60.2 Å². The van der Waals surface area contributed by atoms with Crippen LogP contribution >= 0.6 is 0 Å². The highest BCUT2D eigenvalue weighted by atomic mass is 14.7. The smallest absolute Gasteiger partial charge is 0.0266 e. The largest absolute Gasteiger partial charge is 0.0591 e. The van der Waals surface area contributed by atoms with Crippen molar-refractivity contribution in [2.24, 2.45) is 21.7 Å². The van der Waals surface area contributed by atoms with Crippen LogP contribution < -0.4 is 0 Å². The molecule has 4 atom stereocenters. The van der Waals surface area contributed by atoms with E-state index in [9.17, 15) is 0 Å². The Kier molecular flexibility index (Phi) is 1.37. The first kappa shape index (κ1) is 9.24. The van der Waals surface area contributed by atoms with Gasteiger partial charge in [0.05, 0.1) is 0 Å². The van der Waals surface area contributed by atoms with Crippen LogP contribution in [0.1, 0.15) is 66.2 Å². The molecule has 0 unspecified atom stereocenters. The van der Waals surface area contributed by atoms with Crippen molar-refractivity contribution in [3.8, 4) is 0 Å². The minimum atomic E-state index is 0.678. The van der Waals surface area contributed by atoms with E-state index < -0.39 is 0 Å². The van der Waals surface area contributed by atoms with Crippen molar-refractivity contribution in [1.82, 2.24) is 0 Å². The van der Waals surface area contributed by atoms with E-state index in [1.165, 1.54) is 38.5 Å². The molecule has 5 aliphatic rings. The number of hydrogen-bond acceptors (Lipinski definition) is 0. The van der Waals surface area contributed by atoms with Crippen LogP contribution in [0.15, 0.2) is 0 Å². The third-order valence-electron chi connectivity index (χ3n) is 6.93. The van der Waals surface area contributed by atoms with Crippen LogP contribution in [0.4, 0.5) is 0 Å². The standard InChI is InChI=1S/C14H24/c1-11-5-6-14(4)10-12(11,2)7-8-13(14,3)9-11/h5-10H2,1-4H3/t11-,12-,13-,14-/m0/s1. The van der Waals surface area contributed by atoms with Gasteiger partial charge in [-0.25, -0.2) is 0 Å². The molecule has 0 spiro atoms. The maximum Gasteiger partial charge on any atom is -0.0266 e. The quantitative estimate of drug-likeness (QED) is 0.534. The molecule has 0 heterocycles. The molecule has 5 saturated carbocycles. The number of fused-ring (bicyclic) bond motifs is 2. The lowest BCUT2D eigenvalue weighted by Gasteiger charge is -2.73. The molecule has 0 aromatic rings. The van der Waals surface area contributed by atoms with Crippen molar-refractivity contribution >= 4 is 0 Å². The van der Waals surface area contributed by atoms with Gasteiger partial charge in [0.25, 0.3) is 0 Å². The molecule has 5 aliphatic carbocycles. The van der Waals surface area contributed by atoms with E-state index in [-0.39, 0.29) is 0 Å². The van der Waals surface area contributed by atoms with Gasteiger partial charge in [0.15, 0.2) is 0 Å². The summed E-state index contributed by atoms with van der Waals surface area (Å²) in [5.41, 5.74) is 2.71. The molecular formula is C14H24. The summed E-state index contributed by atoms with van der Waals surface area (Å²) in [5, 5.41) is 0. The van der Waals surface area contributed by atoms with E-state index in [4.69, 9.17) is 0 Å². The molecule has 80 valence electrons. The van der Waals surface area contributed by atoms with Crippen LogP contribution in [-0.4, -0.2) is 0 Å². The highest BCUT2D eigenvalue weighted by Crippen LogP contribution is 2.77. The zero-order valence-corrected chi connectivity index (χ0v) is 10.2. The fourth-order valence-electron chi connectivity index (χ4n) is 5.24. The first-order chi connectivity index (χ1) is 6.33. The lowest BCUT2D eigenvalue weighted by Crippen LogP contribution is -2.64. The Morgan fingerprint density at radius 1 is 0.500 bits per heavy atom. The molecule has 0 N–H and O–H groups in total. The summed E-state index contributed by atoms with van der Waals surface area (Å²) in [6.45, 7) is 10.3. The fourth-order valence-corrected chi connectivity index (χ4v) is 5.24. The average molecular weight is 192 g/mol. The second-order valence-electron chi connectivity index (χ2n) is 7.60. The van der Waals surface area contributed by atoms with Crippen molar-refractivity contribution in [3.05, 3.63) is 0 Å². The second kappa shape index (κ2) is 2.08. The zero-order chi connectivity index (χ0) is 10.2. The third-order valence-corrected chi connectivity index (χ3v) is 6.93. The van der Waals surface area contributed by atoms with E-state index in [1.54, 1.807) is 0 Å². The summed E-state index contributed by atoms with van der Waals surface area (Å²) in [6, 6.07) is 0. The Bertz CT molecular complexity index is 236. The molecule has 0 aromatic heterocycles. The fraction of sp³-hybridized carbons (Fsp3) is 1.00. The van der Waals surface area contributed by atoms with Crippen LogP contribution in [-0.2, 0) is 0 Å².